The minimum Gasteiger partial charge on any atom is -0.465 e. The molecule has 7 nitrogen and oxygen atoms in total. The molecule has 33 heavy (non-hydrogen) atoms. The Kier molecular flexibility index (Phi) is 6.34. The van der Waals surface area contributed by atoms with E-state index in [1.165, 1.54) is 43.6 Å². The fourth-order valence-corrected chi connectivity index (χ4v) is 5.43. The topological polar surface area (TPSA) is 81.5 Å². The Hall–Kier alpha value is -3.07. The SMILES string of the molecule is COC(=O)c1ccc(S(=O)(=O)N(Cc2ccc3c(ccn3C)c2)c2ncc(Cl)cc2Cl)cc1. The lowest BCUT2D eigenvalue weighted by molar-refractivity contribution is 0.0600. The number of methoxy groups -OCH3 is 1. The number of hydrogen-bond donors (Lipinski definition) is 0. The Morgan fingerprint density at radius 1 is 1.09 bits per heavy atom. The number of halogens is 2. The number of esters is 1. The Bertz CT molecular complexity index is 1450. The summed E-state index contributed by atoms with van der Waals surface area (Å²) in [5, 5.41) is 1.36. The highest BCUT2D eigenvalue weighted by atomic mass is 35.5. The molecule has 0 spiro atoms. The van der Waals surface area contributed by atoms with Gasteiger partial charge in [-0.2, -0.15) is 0 Å². The molecular weight excluding hydrogens is 485 g/mol. The summed E-state index contributed by atoms with van der Waals surface area (Å²) in [6, 6.07) is 14.6. The number of anilines is 1. The van der Waals surface area contributed by atoms with E-state index in [1.54, 1.807) is 0 Å². The maximum atomic E-state index is 13.7. The Morgan fingerprint density at radius 3 is 2.48 bits per heavy atom. The summed E-state index contributed by atoms with van der Waals surface area (Å²) >= 11 is 12.3. The summed E-state index contributed by atoms with van der Waals surface area (Å²) in [6.45, 7) is -0.0136. The summed E-state index contributed by atoms with van der Waals surface area (Å²) in [4.78, 5) is 15.9. The molecule has 0 unspecified atom stereocenters. The van der Waals surface area contributed by atoms with Crippen molar-refractivity contribution in [2.45, 2.75) is 11.4 Å². The molecule has 0 fully saturated rings. The van der Waals surface area contributed by atoms with Crippen LogP contribution in [0.5, 0.6) is 0 Å². The van der Waals surface area contributed by atoms with Crippen LogP contribution < -0.4 is 4.31 Å². The fourth-order valence-electron chi connectivity index (χ4n) is 3.47. The van der Waals surface area contributed by atoms with Crippen LogP contribution in [0.25, 0.3) is 10.9 Å². The van der Waals surface area contributed by atoms with Crippen molar-refractivity contribution < 1.29 is 17.9 Å². The van der Waals surface area contributed by atoms with Gasteiger partial charge in [-0.1, -0.05) is 29.3 Å². The van der Waals surface area contributed by atoms with E-state index in [0.717, 1.165) is 20.8 Å². The number of pyridine rings is 1. The maximum absolute atomic E-state index is 13.7. The molecule has 0 atom stereocenters. The molecular formula is C23H19Cl2N3O4S. The lowest BCUT2D eigenvalue weighted by Gasteiger charge is -2.24. The van der Waals surface area contributed by atoms with Crippen molar-refractivity contribution in [3.63, 3.8) is 0 Å². The molecule has 0 saturated carbocycles. The first-order valence-electron chi connectivity index (χ1n) is 9.77. The number of carbonyl (C=O) groups excluding carboxylic acids is 1. The van der Waals surface area contributed by atoms with Crippen molar-refractivity contribution in [2.75, 3.05) is 11.4 Å². The molecule has 2 aromatic heterocycles. The predicted octanol–water partition coefficient (Wildman–Crippen LogP) is 5.06. The second-order valence-electron chi connectivity index (χ2n) is 7.31. The molecule has 2 heterocycles. The average Bonchev–Trinajstić information content (AvgIpc) is 3.17. The summed E-state index contributed by atoms with van der Waals surface area (Å²) in [7, 11) is -0.904. The quantitative estimate of drug-likeness (QED) is 0.343. The maximum Gasteiger partial charge on any atom is 0.337 e. The van der Waals surface area contributed by atoms with Gasteiger partial charge >= 0.3 is 5.97 Å². The number of rotatable bonds is 6. The van der Waals surface area contributed by atoms with Gasteiger partial charge in [-0.05, 0) is 59.5 Å². The number of aryl methyl sites for hydroxylation is 1. The zero-order valence-electron chi connectivity index (χ0n) is 17.7. The number of nitrogens with zero attached hydrogens (tertiary/aromatic N) is 3. The van der Waals surface area contributed by atoms with Crippen LogP contribution in [-0.2, 0) is 28.4 Å². The zero-order chi connectivity index (χ0) is 23.8. The number of benzene rings is 2. The molecule has 0 amide bonds. The minimum atomic E-state index is -4.10. The number of sulfonamides is 1. The first-order chi connectivity index (χ1) is 15.7. The minimum absolute atomic E-state index is 0.0136. The number of hydrogen-bond acceptors (Lipinski definition) is 5. The lowest BCUT2D eigenvalue weighted by Crippen LogP contribution is -2.31. The molecule has 4 rings (SSSR count). The molecule has 10 heteroatoms. The third-order valence-electron chi connectivity index (χ3n) is 5.16. The molecule has 0 aliphatic rings. The molecule has 0 bridgehead atoms. The highest BCUT2D eigenvalue weighted by molar-refractivity contribution is 7.92. The second kappa shape index (κ2) is 9.05. The van der Waals surface area contributed by atoms with Gasteiger partial charge < -0.3 is 9.30 Å². The van der Waals surface area contributed by atoms with Crippen LogP contribution in [0.15, 0.2) is 71.9 Å². The van der Waals surface area contributed by atoms with Gasteiger partial charge in [0.25, 0.3) is 10.0 Å². The van der Waals surface area contributed by atoms with E-state index >= 15 is 0 Å². The first kappa shape index (κ1) is 23.1. The average molecular weight is 504 g/mol. The van der Waals surface area contributed by atoms with Crippen LogP contribution in [0.4, 0.5) is 5.82 Å². The van der Waals surface area contributed by atoms with Crippen LogP contribution in [0.1, 0.15) is 15.9 Å². The zero-order valence-corrected chi connectivity index (χ0v) is 20.0. The van der Waals surface area contributed by atoms with Gasteiger partial charge in [0, 0.05) is 25.0 Å². The van der Waals surface area contributed by atoms with Gasteiger partial charge in [-0.25, -0.2) is 22.5 Å². The third-order valence-corrected chi connectivity index (χ3v) is 7.40. The second-order valence-corrected chi connectivity index (χ2v) is 10.0. The van der Waals surface area contributed by atoms with Gasteiger partial charge in [0.15, 0.2) is 5.82 Å². The largest absolute Gasteiger partial charge is 0.465 e. The fraction of sp³-hybridized carbons (Fsp3) is 0.130. The summed E-state index contributed by atoms with van der Waals surface area (Å²) in [5.41, 5.74) is 2.01. The molecule has 170 valence electrons. The first-order valence-corrected chi connectivity index (χ1v) is 12.0. The van der Waals surface area contributed by atoms with Crippen LogP contribution >= 0.6 is 23.2 Å². The van der Waals surface area contributed by atoms with E-state index in [4.69, 9.17) is 23.2 Å². The van der Waals surface area contributed by atoms with E-state index in [1.807, 2.05) is 42.1 Å². The standard InChI is InChI=1S/C23H19Cl2N3O4S/c1-27-10-9-17-11-15(3-8-21(17)27)14-28(22-20(25)12-18(24)13-26-22)33(30,31)19-6-4-16(5-7-19)23(29)32-2/h3-13H,14H2,1-2H3. The molecule has 2 aromatic carbocycles. The molecule has 0 N–H and O–H groups in total. The molecule has 0 aliphatic heterocycles. The van der Waals surface area contributed by atoms with E-state index in [0.29, 0.717) is 0 Å². The van der Waals surface area contributed by atoms with Crippen LogP contribution in [0, 0.1) is 0 Å². The van der Waals surface area contributed by atoms with E-state index in [9.17, 15) is 13.2 Å². The van der Waals surface area contributed by atoms with Crippen molar-refractivity contribution in [3.05, 3.63) is 88.2 Å². The van der Waals surface area contributed by atoms with E-state index < -0.39 is 16.0 Å². The smallest absolute Gasteiger partial charge is 0.337 e. The van der Waals surface area contributed by atoms with Gasteiger partial charge in [0.1, 0.15) is 0 Å². The van der Waals surface area contributed by atoms with Crippen molar-refractivity contribution >= 4 is 55.9 Å². The number of ether oxygens (including phenoxy) is 1. The Labute approximate surface area is 201 Å². The Morgan fingerprint density at radius 2 is 1.82 bits per heavy atom. The van der Waals surface area contributed by atoms with Crippen LogP contribution in [0.3, 0.4) is 0 Å². The molecule has 0 radical (unpaired) electrons. The normalized spacial score (nSPS) is 11.5. The van der Waals surface area contributed by atoms with Crippen LogP contribution in [-0.4, -0.2) is 31.0 Å². The molecule has 0 saturated heterocycles. The van der Waals surface area contributed by atoms with E-state index in [-0.39, 0.29) is 32.9 Å². The van der Waals surface area contributed by atoms with Crippen LogP contribution in [0.2, 0.25) is 10.0 Å². The van der Waals surface area contributed by atoms with Crippen molar-refractivity contribution in [2.24, 2.45) is 7.05 Å². The highest BCUT2D eigenvalue weighted by Gasteiger charge is 2.28. The number of aromatic nitrogens is 2. The molecule has 4 aromatic rings. The lowest BCUT2D eigenvalue weighted by atomic mass is 10.1. The van der Waals surface area contributed by atoms with Gasteiger partial charge in [-0.3, -0.25) is 0 Å². The number of fused-ring (bicyclic) bond motifs is 1. The van der Waals surface area contributed by atoms with E-state index in [2.05, 4.69) is 9.72 Å². The van der Waals surface area contributed by atoms with Crippen molar-refractivity contribution in [1.29, 1.82) is 0 Å². The summed E-state index contributed by atoms with van der Waals surface area (Å²) in [6.07, 6.45) is 3.27. The Balaban J connectivity index is 1.79. The highest BCUT2D eigenvalue weighted by Crippen LogP contribution is 2.32. The van der Waals surface area contributed by atoms with Gasteiger partial charge in [0.2, 0.25) is 0 Å². The molecule has 0 aliphatic carbocycles. The summed E-state index contributed by atoms with van der Waals surface area (Å²) in [5.74, 6) is -0.513. The predicted molar refractivity (Wildman–Crippen MR) is 128 cm³/mol. The number of carbonyl (C=O) groups is 1. The summed E-state index contributed by atoms with van der Waals surface area (Å²) < 4.78 is 35.1. The monoisotopic (exact) mass is 503 g/mol. The van der Waals surface area contributed by atoms with Crippen molar-refractivity contribution in [1.82, 2.24) is 9.55 Å². The van der Waals surface area contributed by atoms with Crippen molar-refractivity contribution in [3.8, 4) is 0 Å². The third kappa shape index (κ3) is 4.55. The van der Waals surface area contributed by atoms with Gasteiger partial charge in [-0.15, -0.1) is 0 Å². The van der Waals surface area contributed by atoms with Gasteiger partial charge in [0.05, 0.1) is 34.2 Å².